The first-order valence-electron chi connectivity index (χ1n) is 5.41. The normalized spacial score (nSPS) is 11.4. The Morgan fingerprint density at radius 3 is 2.30 bits per heavy atom. The van der Waals surface area contributed by atoms with Gasteiger partial charge in [0, 0.05) is 20.1 Å². The molecule has 4 nitrogen and oxygen atoms in total. The molecule has 0 fully saturated rings. The molecule has 0 aliphatic carbocycles. The van der Waals surface area contributed by atoms with E-state index in [0.29, 0.717) is 31.6 Å². The fourth-order valence-electron chi connectivity index (χ4n) is 1.54. The first-order valence-corrected chi connectivity index (χ1v) is 6.96. The third-order valence-corrected chi connectivity index (χ3v) is 3.49. The van der Waals surface area contributed by atoms with Crippen LogP contribution in [0.1, 0.15) is 5.56 Å². The van der Waals surface area contributed by atoms with E-state index >= 15 is 0 Å². The molecule has 0 saturated carbocycles. The summed E-state index contributed by atoms with van der Waals surface area (Å²) in [4.78, 5) is 0. The molecular formula is C13H9BrCl2N2O2. The summed E-state index contributed by atoms with van der Waals surface area (Å²) in [6.45, 7) is 0. The second-order valence-corrected chi connectivity index (χ2v) is 5.56. The molecule has 0 saturated heterocycles. The highest BCUT2D eigenvalue weighted by molar-refractivity contribution is 9.10. The van der Waals surface area contributed by atoms with Gasteiger partial charge in [0.2, 0.25) is 0 Å². The van der Waals surface area contributed by atoms with Crippen LogP contribution in [0.2, 0.25) is 10.0 Å². The molecule has 104 valence electrons. The van der Waals surface area contributed by atoms with Gasteiger partial charge in [-0.05, 0) is 52.3 Å². The van der Waals surface area contributed by atoms with Crippen LogP contribution in [-0.4, -0.2) is 11.0 Å². The molecule has 2 aromatic rings. The van der Waals surface area contributed by atoms with Gasteiger partial charge >= 0.3 is 0 Å². The van der Waals surface area contributed by atoms with Crippen molar-refractivity contribution in [2.75, 3.05) is 0 Å². The molecule has 0 aromatic heterocycles. The Morgan fingerprint density at radius 1 is 1.10 bits per heavy atom. The zero-order valence-electron chi connectivity index (χ0n) is 9.98. The standard InChI is InChI=1S/C13H9BrCl2N2O2/c14-12-6-9(1-2-11(12)13(17)18-19)20-10-4-7(15)3-8(16)5-10/h1-6,19H,(H2,17,18). The number of benzene rings is 2. The first-order chi connectivity index (χ1) is 9.49. The SMILES string of the molecule is N/C(=N/O)c1ccc(Oc2cc(Cl)cc(Cl)c2)cc1Br. The molecule has 20 heavy (non-hydrogen) atoms. The summed E-state index contributed by atoms with van der Waals surface area (Å²) < 4.78 is 6.28. The average molecular weight is 376 g/mol. The van der Waals surface area contributed by atoms with Crippen LogP contribution in [0.4, 0.5) is 0 Å². The van der Waals surface area contributed by atoms with Gasteiger partial charge in [0.05, 0.1) is 0 Å². The minimum atomic E-state index is 0.00854. The number of ether oxygens (including phenoxy) is 1. The molecule has 2 aromatic carbocycles. The smallest absolute Gasteiger partial charge is 0.171 e. The topological polar surface area (TPSA) is 67.8 Å². The van der Waals surface area contributed by atoms with Gasteiger partial charge in [-0.25, -0.2) is 0 Å². The second-order valence-electron chi connectivity index (χ2n) is 3.83. The van der Waals surface area contributed by atoms with E-state index in [1.807, 2.05) is 0 Å². The van der Waals surface area contributed by atoms with Crippen LogP contribution in [0.5, 0.6) is 11.5 Å². The quantitative estimate of drug-likeness (QED) is 0.355. The Balaban J connectivity index is 2.28. The Kier molecular flexibility index (Phi) is 4.75. The Bertz CT molecular complexity index is 657. The predicted molar refractivity (Wildman–Crippen MR) is 83.2 cm³/mol. The van der Waals surface area contributed by atoms with E-state index in [4.69, 9.17) is 38.9 Å². The number of halogens is 3. The minimum absolute atomic E-state index is 0.00854. The number of nitrogens with zero attached hydrogens (tertiary/aromatic N) is 1. The van der Waals surface area contributed by atoms with Crippen molar-refractivity contribution in [2.45, 2.75) is 0 Å². The van der Waals surface area contributed by atoms with Crippen molar-refractivity contribution in [1.82, 2.24) is 0 Å². The van der Waals surface area contributed by atoms with E-state index < -0.39 is 0 Å². The lowest BCUT2D eigenvalue weighted by Gasteiger charge is -2.09. The van der Waals surface area contributed by atoms with Gasteiger partial charge in [-0.3, -0.25) is 0 Å². The molecule has 0 unspecified atom stereocenters. The molecule has 0 bridgehead atoms. The molecule has 0 atom stereocenters. The van der Waals surface area contributed by atoms with Crippen molar-refractivity contribution in [3.63, 3.8) is 0 Å². The molecule has 0 aliphatic rings. The Morgan fingerprint density at radius 2 is 1.75 bits per heavy atom. The number of hydrogen-bond acceptors (Lipinski definition) is 3. The number of amidine groups is 1. The highest BCUT2D eigenvalue weighted by Gasteiger charge is 2.08. The summed E-state index contributed by atoms with van der Waals surface area (Å²) in [6.07, 6.45) is 0. The Hall–Kier alpha value is -1.43. The van der Waals surface area contributed by atoms with E-state index in [-0.39, 0.29) is 5.84 Å². The second kappa shape index (κ2) is 6.35. The lowest BCUT2D eigenvalue weighted by Crippen LogP contribution is -2.13. The number of rotatable bonds is 3. The third kappa shape index (κ3) is 3.56. The fraction of sp³-hybridized carbons (Fsp3) is 0. The maximum absolute atomic E-state index is 8.66. The van der Waals surface area contributed by atoms with Crippen molar-refractivity contribution in [1.29, 1.82) is 0 Å². The largest absolute Gasteiger partial charge is 0.457 e. The van der Waals surface area contributed by atoms with E-state index in [2.05, 4.69) is 21.1 Å². The van der Waals surface area contributed by atoms with Crippen molar-refractivity contribution >= 4 is 45.0 Å². The monoisotopic (exact) mass is 374 g/mol. The van der Waals surface area contributed by atoms with Gasteiger partial charge in [-0.2, -0.15) is 0 Å². The highest BCUT2D eigenvalue weighted by atomic mass is 79.9. The molecule has 2 rings (SSSR count). The van der Waals surface area contributed by atoms with Crippen molar-refractivity contribution < 1.29 is 9.94 Å². The molecule has 0 spiro atoms. The fourth-order valence-corrected chi connectivity index (χ4v) is 2.61. The van der Waals surface area contributed by atoms with Crippen LogP contribution in [0.15, 0.2) is 46.0 Å². The van der Waals surface area contributed by atoms with Gasteiger partial charge in [0.25, 0.3) is 0 Å². The van der Waals surface area contributed by atoms with Crippen molar-refractivity contribution in [3.8, 4) is 11.5 Å². The van der Waals surface area contributed by atoms with Crippen molar-refractivity contribution in [3.05, 3.63) is 56.5 Å². The van der Waals surface area contributed by atoms with Crippen molar-refractivity contribution in [2.24, 2.45) is 10.9 Å². The Labute approximate surface area is 133 Å². The summed E-state index contributed by atoms with van der Waals surface area (Å²) >= 11 is 15.1. The first kappa shape index (κ1) is 15.0. The van der Waals surface area contributed by atoms with E-state index in [9.17, 15) is 0 Å². The lowest BCUT2D eigenvalue weighted by atomic mass is 10.2. The molecular weight excluding hydrogens is 367 g/mol. The van der Waals surface area contributed by atoms with Gasteiger partial charge in [0.1, 0.15) is 11.5 Å². The van der Waals surface area contributed by atoms with Crippen LogP contribution in [0, 0.1) is 0 Å². The summed E-state index contributed by atoms with van der Waals surface area (Å²) in [5.41, 5.74) is 6.09. The maximum atomic E-state index is 8.66. The van der Waals surface area contributed by atoms with Crippen LogP contribution >= 0.6 is 39.1 Å². The minimum Gasteiger partial charge on any atom is -0.457 e. The van der Waals surface area contributed by atoms with Crippen LogP contribution < -0.4 is 10.5 Å². The summed E-state index contributed by atoms with van der Waals surface area (Å²) in [6, 6.07) is 9.97. The van der Waals surface area contributed by atoms with E-state index in [1.165, 1.54) is 0 Å². The van der Waals surface area contributed by atoms with Crippen LogP contribution in [-0.2, 0) is 0 Å². The molecule has 0 heterocycles. The molecule has 3 N–H and O–H groups in total. The zero-order chi connectivity index (χ0) is 14.7. The average Bonchev–Trinajstić information content (AvgIpc) is 2.36. The highest BCUT2D eigenvalue weighted by Crippen LogP contribution is 2.30. The van der Waals surface area contributed by atoms with Gasteiger partial charge in [-0.1, -0.05) is 28.4 Å². The van der Waals surface area contributed by atoms with Crippen LogP contribution in [0.3, 0.4) is 0 Å². The molecule has 0 radical (unpaired) electrons. The van der Waals surface area contributed by atoms with Crippen LogP contribution in [0.25, 0.3) is 0 Å². The number of nitrogens with two attached hydrogens (primary N) is 1. The van der Waals surface area contributed by atoms with Gasteiger partial charge in [-0.15, -0.1) is 0 Å². The number of hydrogen-bond donors (Lipinski definition) is 2. The molecule has 0 aliphatic heterocycles. The van der Waals surface area contributed by atoms with E-state index in [1.54, 1.807) is 36.4 Å². The zero-order valence-corrected chi connectivity index (χ0v) is 13.1. The lowest BCUT2D eigenvalue weighted by molar-refractivity contribution is 0.318. The molecule has 0 amide bonds. The van der Waals surface area contributed by atoms with Gasteiger partial charge in [0.15, 0.2) is 5.84 Å². The summed E-state index contributed by atoms with van der Waals surface area (Å²) in [5.74, 6) is 1.09. The summed E-state index contributed by atoms with van der Waals surface area (Å²) in [5, 5.41) is 12.6. The summed E-state index contributed by atoms with van der Waals surface area (Å²) in [7, 11) is 0. The maximum Gasteiger partial charge on any atom is 0.171 e. The third-order valence-electron chi connectivity index (χ3n) is 2.40. The molecule has 7 heteroatoms. The van der Waals surface area contributed by atoms with E-state index in [0.717, 1.165) is 0 Å². The number of oxime groups is 1. The van der Waals surface area contributed by atoms with Gasteiger partial charge < -0.3 is 15.7 Å². The predicted octanol–water partition coefficient (Wildman–Crippen LogP) is 4.64.